The van der Waals surface area contributed by atoms with Gasteiger partial charge in [-0.1, -0.05) is 29.3 Å². The Morgan fingerprint density at radius 3 is 2.21 bits per heavy atom. The zero-order valence-corrected chi connectivity index (χ0v) is 17.2. The minimum absolute atomic E-state index is 0.0410. The summed E-state index contributed by atoms with van der Waals surface area (Å²) in [7, 11) is 0.0491. The van der Waals surface area contributed by atoms with Gasteiger partial charge in [0.15, 0.2) is 5.92 Å². The molecule has 1 saturated heterocycles. The lowest BCUT2D eigenvalue weighted by molar-refractivity contribution is -0.160. The number of hydrogen-bond acceptors (Lipinski definition) is 7. The molecule has 0 bridgehead atoms. The van der Waals surface area contributed by atoms with Gasteiger partial charge in [0.2, 0.25) is 10.0 Å². The van der Waals surface area contributed by atoms with Crippen LogP contribution in [0.2, 0.25) is 0 Å². The van der Waals surface area contributed by atoms with Crippen molar-refractivity contribution >= 4 is 22.0 Å². The predicted molar refractivity (Wildman–Crippen MR) is 101 cm³/mol. The second-order valence-electron chi connectivity index (χ2n) is 6.48. The summed E-state index contributed by atoms with van der Waals surface area (Å²) >= 11 is 0. The van der Waals surface area contributed by atoms with Gasteiger partial charge < -0.3 is 14.2 Å². The third kappa shape index (κ3) is 4.60. The van der Waals surface area contributed by atoms with Gasteiger partial charge in [-0.05, 0) is 19.1 Å². The highest BCUT2D eigenvalue weighted by atomic mass is 32.2. The molecule has 1 aliphatic rings. The maximum absolute atomic E-state index is 13.0. The minimum Gasteiger partial charge on any atom is -0.468 e. The van der Waals surface area contributed by atoms with Crippen LogP contribution in [0.4, 0.5) is 0 Å². The minimum atomic E-state index is -3.80. The third-order valence-corrected chi connectivity index (χ3v) is 6.54. The molecule has 0 N–H and O–H groups in total. The first-order valence-electron chi connectivity index (χ1n) is 8.66. The van der Waals surface area contributed by atoms with Crippen LogP contribution in [-0.4, -0.2) is 65.7 Å². The van der Waals surface area contributed by atoms with E-state index >= 15 is 0 Å². The van der Waals surface area contributed by atoms with Crippen molar-refractivity contribution in [3.8, 4) is 0 Å². The van der Waals surface area contributed by atoms with Gasteiger partial charge in [-0.2, -0.15) is 4.31 Å². The van der Waals surface area contributed by atoms with Crippen LogP contribution in [0.3, 0.4) is 0 Å². The topological polar surface area (TPSA) is 99.2 Å². The fourth-order valence-corrected chi connectivity index (χ4v) is 4.62. The van der Waals surface area contributed by atoms with Gasteiger partial charge in [-0.3, -0.25) is 9.59 Å². The smallest absolute Gasteiger partial charge is 0.320 e. The Kier molecular flexibility index (Phi) is 7.34. The van der Waals surface area contributed by atoms with Crippen LogP contribution in [0.25, 0.3) is 0 Å². The normalized spacial score (nSPS) is 19.2. The van der Waals surface area contributed by atoms with E-state index in [2.05, 4.69) is 0 Å². The van der Waals surface area contributed by atoms with Crippen LogP contribution >= 0.6 is 0 Å². The zero-order valence-electron chi connectivity index (χ0n) is 16.4. The Bertz CT molecular complexity index is 830. The molecule has 0 saturated carbocycles. The molecular formula is C19H25NO7S. The van der Waals surface area contributed by atoms with Gasteiger partial charge in [0.05, 0.1) is 25.7 Å². The number of esters is 2. The average molecular weight is 411 g/mol. The molecule has 1 unspecified atom stereocenters. The molecule has 1 aromatic carbocycles. The maximum atomic E-state index is 13.0. The molecule has 0 aromatic heterocycles. The summed E-state index contributed by atoms with van der Waals surface area (Å²) in [5, 5.41) is 0. The molecule has 28 heavy (non-hydrogen) atoms. The molecule has 9 heteroatoms. The highest BCUT2D eigenvalue weighted by Gasteiger charge is 2.46. The van der Waals surface area contributed by atoms with Crippen LogP contribution in [0.15, 0.2) is 40.8 Å². The fourth-order valence-electron chi connectivity index (χ4n) is 3.17. The van der Waals surface area contributed by atoms with Crippen LogP contribution in [0.1, 0.15) is 5.56 Å². The Labute approximate surface area is 165 Å². The molecule has 8 nitrogen and oxygen atoms in total. The van der Waals surface area contributed by atoms with Gasteiger partial charge in [0.1, 0.15) is 0 Å². The number of benzene rings is 1. The lowest BCUT2D eigenvalue weighted by Crippen LogP contribution is -2.36. The van der Waals surface area contributed by atoms with E-state index in [4.69, 9.17) is 14.2 Å². The van der Waals surface area contributed by atoms with E-state index in [1.54, 1.807) is 18.2 Å². The number of nitrogens with zero attached hydrogens (tertiary/aromatic N) is 1. The highest BCUT2D eigenvalue weighted by molar-refractivity contribution is 7.89. The van der Waals surface area contributed by atoms with Crippen molar-refractivity contribution < 1.29 is 32.2 Å². The molecule has 1 aliphatic heterocycles. The van der Waals surface area contributed by atoms with Crippen molar-refractivity contribution in [2.75, 3.05) is 41.0 Å². The van der Waals surface area contributed by atoms with Crippen LogP contribution in [0, 0.1) is 18.8 Å². The second kappa shape index (κ2) is 9.31. The molecule has 0 spiro atoms. The number of carbonyl (C=O) groups excluding carboxylic acids is 2. The molecule has 1 fully saturated rings. The zero-order chi connectivity index (χ0) is 20.9. The fraction of sp³-hybridized carbons (Fsp3) is 0.474. The van der Waals surface area contributed by atoms with Crippen molar-refractivity contribution in [2.45, 2.75) is 11.8 Å². The van der Waals surface area contributed by atoms with Gasteiger partial charge in [0, 0.05) is 26.1 Å². The summed E-state index contributed by atoms with van der Waals surface area (Å²) in [6.07, 6.45) is 1.69. The van der Waals surface area contributed by atoms with Crippen LogP contribution in [0.5, 0.6) is 0 Å². The van der Waals surface area contributed by atoms with E-state index in [1.807, 2.05) is 6.92 Å². The summed E-state index contributed by atoms with van der Waals surface area (Å²) in [6, 6.07) is 6.50. The number of carbonyl (C=O) groups is 2. The Balaban J connectivity index is 2.42. The third-order valence-electron chi connectivity index (χ3n) is 4.72. The summed E-state index contributed by atoms with van der Waals surface area (Å²) in [6.45, 7) is 2.10. The van der Waals surface area contributed by atoms with E-state index in [1.165, 1.54) is 37.8 Å². The van der Waals surface area contributed by atoms with Crippen molar-refractivity contribution in [2.24, 2.45) is 11.8 Å². The first-order valence-corrected chi connectivity index (χ1v) is 10.1. The standard InChI is InChI=1S/C19H25NO7S/c1-13-5-7-15(8-6-13)28(23,24)20-11-14(9-10-25-2)16(12-20)17(18(21)26-3)19(22)27-4/h5-9,16-17H,10-12H2,1-4H3/b14-9+. The molecular weight excluding hydrogens is 386 g/mol. The van der Waals surface area contributed by atoms with Crippen molar-refractivity contribution in [3.63, 3.8) is 0 Å². The Morgan fingerprint density at radius 2 is 1.71 bits per heavy atom. The molecule has 0 radical (unpaired) electrons. The second-order valence-corrected chi connectivity index (χ2v) is 8.41. The summed E-state index contributed by atoms with van der Waals surface area (Å²) < 4.78 is 41.9. The van der Waals surface area contributed by atoms with E-state index in [9.17, 15) is 18.0 Å². The summed E-state index contributed by atoms with van der Waals surface area (Å²) in [5.41, 5.74) is 1.55. The maximum Gasteiger partial charge on any atom is 0.320 e. The Hall–Kier alpha value is -2.23. The molecule has 1 aromatic rings. The van der Waals surface area contributed by atoms with Crippen molar-refractivity contribution in [3.05, 3.63) is 41.5 Å². The number of methoxy groups -OCH3 is 3. The number of rotatable bonds is 7. The van der Waals surface area contributed by atoms with Gasteiger partial charge in [0.25, 0.3) is 0 Å². The quantitative estimate of drug-likeness (QED) is 0.377. The lowest BCUT2D eigenvalue weighted by Gasteiger charge is -2.20. The first-order chi connectivity index (χ1) is 13.3. The molecule has 0 aliphatic carbocycles. The molecule has 1 atom stereocenters. The van der Waals surface area contributed by atoms with E-state index in [0.717, 1.165) is 5.56 Å². The number of sulfonamides is 1. The number of hydrogen-bond donors (Lipinski definition) is 0. The predicted octanol–water partition coefficient (Wildman–Crippen LogP) is 1.15. The Morgan fingerprint density at radius 1 is 1.14 bits per heavy atom. The average Bonchev–Trinajstić information content (AvgIpc) is 3.10. The van der Waals surface area contributed by atoms with Crippen LogP contribution < -0.4 is 0 Å². The van der Waals surface area contributed by atoms with Crippen molar-refractivity contribution in [1.29, 1.82) is 0 Å². The molecule has 2 rings (SSSR count). The molecule has 1 heterocycles. The van der Waals surface area contributed by atoms with E-state index in [-0.39, 0.29) is 24.6 Å². The van der Waals surface area contributed by atoms with Gasteiger partial charge >= 0.3 is 11.9 Å². The largest absolute Gasteiger partial charge is 0.468 e. The van der Waals surface area contributed by atoms with Crippen LogP contribution in [-0.2, 0) is 33.8 Å². The van der Waals surface area contributed by atoms with Gasteiger partial charge in [-0.25, -0.2) is 8.42 Å². The van der Waals surface area contributed by atoms with E-state index in [0.29, 0.717) is 5.57 Å². The molecule has 154 valence electrons. The summed E-state index contributed by atoms with van der Waals surface area (Å²) in [5.74, 6) is -3.49. The summed E-state index contributed by atoms with van der Waals surface area (Å²) in [4.78, 5) is 24.6. The SMILES string of the molecule is COC/C=C1\CN(S(=O)(=O)c2ccc(C)cc2)CC1C(C(=O)OC)C(=O)OC. The number of aryl methyl sites for hydroxylation is 1. The molecule has 0 amide bonds. The van der Waals surface area contributed by atoms with E-state index < -0.39 is 33.8 Å². The van der Waals surface area contributed by atoms with Gasteiger partial charge in [-0.15, -0.1) is 0 Å². The highest BCUT2D eigenvalue weighted by Crippen LogP contribution is 2.34. The monoisotopic (exact) mass is 411 g/mol. The van der Waals surface area contributed by atoms with Crippen molar-refractivity contribution in [1.82, 2.24) is 4.31 Å². The first kappa shape index (κ1) is 22.1. The number of ether oxygens (including phenoxy) is 3. The lowest BCUT2D eigenvalue weighted by atomic mass is 9.87.